The number of carboxylic acids is 1. The molecular formula is C60H95N5O14. The number of Topliss-reactive ketones (excluding diaryl/α,β-unsaturated/α-hetero) is 1. The molecule has 0 saturated carbocycles. The lowest BCUT2D eigenvalue weighted by molar-refractivity contribution is -0.267. The molecule has 3 amide bonds. The lowest BCUT2D eigenvalue weighted by atomic mass is 9.69. The maximum atomic E-state index is 14.0. The molecule has 0 radical (unpaired) electrons. The summed E-state index contributed by atoms with van der Waals surface area (Å²) >= 11 is 0. The number of aromatic hydroxyl groups is 1. The average molecular weight is 1110 g/mol. The van der Waals surface area contributed by atoms with E-state index >= 15 is 0 Å². The van der Waals surface area contributed by atoms with Crippen LogP contribution in [0.15, 0.2) is 72.4 Å². The van der Waals surface area contributed by atoms with Crippen LogP contribution in [-0.4, -0.2) is 144 Å². The monoisotopic (exact) mass is 1110 g/mol. The second-order valence-corrected chi connectivity index (χ2v) is 23.1. The number of ketones is 1. The summed E-state index contributed by atoms with van der Waals surface area (Å²) in [4.78, 5) is 70.4. The number of carbonyl (C=O) groups is 5. The van der Waals surface area contributed by atoms with E-state index in [1.54, 1.807) is 37.3 Å². The molecule has 3 heterocycles. The van der Waals surface area contributed by atoms with Crippen LogP contribution in [0, 0.1) is 47.3 Å². The van der Waals surface area contributed by atoms with Crippen LogP contribution in [0.5, 0.6) is 5.75 Å². The van der Waals surface area contributed by atoms with Crippen molar-refractivity contribution in [3.8, 4) is 5.75 Å². The number of amides is 3. The minimum absolute atomic E-state index is 0.00240. The summed E-state index contributed by atoms with van der Waals surface area (Å²) in [6, 6.07) is 3.77. The number of allylic oxidation sites excluding steroid dienone is 5. The fourth-order valence-corrected chi connectivity index (χ4v) is 10.8. The summed E-state index contributed by atoms with van der Waals surface area (Å²) < 4.78 is 6.68. The molecule has 0 aliphatic carbocycles. The topological polar surface area (TPSA) is 297 Å². The number of nitrogens with one attached hydrogen (secondary N) is 4. The number of phenols is 1. The number of aliphatic carboxylic acids is 1. The van der Waals surface area contributed by atoms with Crippen LogP contribution in [0.25, 0.3) is 0 Å². The van der Waals surface area contributed by atoms with Crippen LogP contribution in [-0.2, 0) is 40.0 Å². The highest BCUT2D eigenvalue weighted by Gasteiger charge is 2.57. The van der Waals surface area contributed by atoms with E-state index in [1.807, 2.05) is 66.7 Å². The third-order valence-corrected chi connectivity index (χ3v) is 16.7. The first kappa shape index (κ1) is 66.7. The van der Waals surface area contributed by atoms with E-state index in [4.69, 9.17) is 9.57 Å². The predicted molar refractivity (Wildman–Crippen MR) is 300 cm³/mol. The van der Waals surface area contributed by atoms with Gasteiger partial charge in [0.15, 0.2) is 0 Å². The van der Waals surface area contributed by atoms with Crippen LogP contribution in [0.1, 0.15) is 139 Å². The average Bonchev–Trinajstić information content (AvgIpc) is 3.53. The van der Waals surface area contributed by atoms with Gasteiger partial charge >= 0.3 is 5.97 Å². The Bertz CT molecular complexity index is 2260. The summed E-state index contributed by atoms with van der Waals surface area (Å²) in [5.41, 5.74) is 5.93. The number of rotatable bonds is 30. The number of hydrogen-bond acceptors (Lipinski definition) is 15. The molecule has 3 aliphatic heterocycles. The molecule has 11 N–H and O–H groups in total. The minimum atomic E-state index is -1.36. The third-order valence-electron chi connectivity index (χ3n) is 16.7. The van der Waals surface area contributed by atoms with Crippen LogP contribution in [0.3, 0.4) is 0 Å². The standard InChI is InChI=1S/C60H95N5O14/c1-11-44-30-38(6)60(62-56(44)73)42(10)54(71)41(9)53(79-60)33-52(70)37(5)21-15-12-14-20-36(4)50(68)25-16-13-17-26-51(69)40(8)55(72)46(28-27-39(7)66)57(74)61-49(35(2)3)34-78-64-48(32-43-22-18-23-45(67)31-43)58(75)65-29-19-24-47(63-65)59(76)77/h12-14,16-18,20,22-23,26,31,35,37-38,40-42,44,46-55,63-64,67-72H,11,15,19,21,24-25,27-30,32-34H2,1-10H3,(H,61,74)(H,62,73)(H,76,77)/b14-12+,16-13+,26-17+,36-20+/t37-,38-,40-,41-,42-,44-,46+,47-,48-,49+,50-,51+,52-,53-,54-,55+,60+/m0/s1. The molecule has 4 rings (SSSR count). The van der Waals surface area contributed by atoms with Crippen molar-refractivity contribution in [3.05, 3.63) is 77.9 Å². The van der Waals surface area contributed by atoms with Gasteiger partial charge in [-0.15, -0.1) is 0 Å². The van der Waals surface area contributed by atoms with Crippen LogP contribution in [0.2, 0.25) is 0 Å². The van der Waals surface area contributed by atoms with E-state index in [1.165, 1.54) is 30.1 Å². The molecule has 0 bridgehead atoms. The number of aliphatic hydroxyl groups is 5. The zero-order valence-electron chi connectivity index (χ0n) is 48.3. The van der Waals surface area contributed by atoms with E-state index in [2.05, 4.69) is 28.5 Å². The van der Waals surface area contributed by atoms with Gasteiger partial charge in [-0.1, -0.05) is 110 Å². The molecule has 3 fully saturated rings. The van der Waals surface area contributed by atoms with E-state index in [0.717, 1.165) is 12.0 Å². The zero-order valence-corrected chi connectivity index (χ0v) is 48.3. The number of hydroxylamine groups is 1. The highest BCUT2D eigenvalue weighted by Crippen LogP contribution is 2.46. The molecule has 17 atom stereocenters. The number of hydrazine groups is 1. The zero-order chi connectivity index (χ0) is 58.7. The van der Waals surface area contributed by atoms with Gasteiger partial charge in [-0.25, -0.2) is 5.43 Å². The van der Waals surface area contributed by atoms with Crippen LogP contribution in [0.4, 0.5) is 0 Å². The molecule has 1 spiro atoms. The quantitative estimate of drug-likeness (QED) is 0.0343. The highest BCUT2D eigenvalue weighted by atomic mass is 16.6. The van der Waals surface area contributed by atoms with Gasteiger partial charge in [0, 0.05) is 49.0 Å². The number of phenolic OH excluding ortho intramolecular Hbond substituents is 1. The van der Waals surface area contributed by atoms with Crippen LogP contribution >= 0.6 is 0 Å². The number of nitrogens with zero attached hydrogens (tertiary/aromatic N) is 1. The molecule has 19 heteroatoms. The van der Waals surface area contributed by atoms with Crippen molar-refractivity contribution in [2.24, 2.45) is 47.3 Å². The Hall–Kier alpha value is -4.83. The minimum Gasteiger partial charge on any atom is -0.508 e. The van der Waals surface area contributed by atoms with Crippen LogP contribution < -0.4 is 21.5 Å². The van der Waals surface area contributed by atoms with E-state index < -0.39 is 90.1 Å². The van der Waals surface area contributed by atoms with Gasteiger partial charge in [-0.2, -0.15) is 5.48 Å². The number of aliphatic hydroxyl groups excluding tert-OH is 5. The van der Waals surface area contributed by atoms with Gasteiger partial charge in [0.25, 0.3) is 5.91 Å². The van der Waals surface area contributed by atoms with Gasteiger partial charge in [0.05, 0.1) is 55.2 Å². The summed E-state index contributed by atoms with van der Waals surface area (Å²) in [6.07, 6.45) is 11.4. The second kappa shape index (κ2) is 32.0. The molecule has 1 aromatic carbocycles. The smallest absolute Gasteiger partial charge is 0.322 e. The molecule has 3 aliphatic rings. The van der Waals surface area contributed by atoms with Crippen molar-refractivity contribution in [3.63, 3.8) is 0 Å². The summed E-state index contributed by atoms with van der Waals surface area (Å²) in [5.74, 6) is -5.14. The maximum absolute atomic E-state index is 14.0. The van der Waals surface area contributed by atoms with Gasteiger partial charge < -0.3 is 55.9 Å². The highest BCUT2D eigenvalue weighted by molar-refractivity contribution is 5.83. The van der Waals surface area contributed by atoms with Crippen molar-refractivity contribution < 1.29 is 69.3 Å². The van der Waals surface area contributed by atoms with E-state index in [0.29, 0.717) is 44.1 Å². The summed E-state index contributed by atoms with van der Waals surface area (Å²) in [5, 5.41) is 83.1. The number of hydrogen-bond donors (Lipinski definition) is 11. The van der Waals surface area contributed by atoms with Crippen molar-refractivity contribution in [2.45, 2.75) is 200 Å². The maximum Gasteiger partial charge on any atom is 0.322 e. The summed E-state index contributed by atoms with van der Waals surface area (Å²) in [6.45, 7) is 18.6. The molecule has 0 unspecified atom stereocenters. The Morgan fingerprint density at radius 3 is 2.38 bits per heavy atom. The Labute approximate surface area is 468 Å². The molecule has 19 nitrogen and oxygen atoms in total. The normalized spacial score (nSPS) is 27.6. The molecule has 79 heavy (non-hydrogen) atoms. The van der Waals surface area contributed by atoms with Crippen molar-refractivity contribution in [2.75, 3.05) is 13.2 Å². The number of piperidine rings is 1. The van der Waals surface area contributed by atoms with Gasteiger partial charge in [-0.05, 0) is 107 Å². The molecule has 444 valence electrons. The molecule has 1 aromatic rings. The number of carboxylic acid groups (broad SMARTS) is 1. The van der Waals surface area contributed by atoms with Gasteiger partial charge in [-0.3, -0.25) is 29.0 Å². The first-order valence-corrected chi connectivity index (χ1v) is 28.6. The first-order chi connectivity index (χ1) is 37.3. The number of benzene rings is 1. The van der Waals surface area contributed by atoms with Crippen molar-refractivity contribution >= 4 is 29.5 Å². The molecule has 3 saturated heterocycles. The third kappa shape index (κ3) is 19.4. The first-order valence-electron chi connectivity index (χ1n) is 28.6. The van der Waals surface area contributed by atoms with Crippen molar-refractivity contribution in [1.29, 1.82) is 0 Å². The fraction of sp³-hybridized carbons (Fsp3) is 0.683. The Morgan fingerprint density at radius 2 is 1.72 bits per heavy atom. The Balaban J connectivity index is 1.26. The largest absolute Gasteiger partial charge is 0.508 e. The number of carbonyl (C=O) groups excluding carboxylic acids is 4. The Kier molecular flexibility index (Phi) is 27.0. The van der Waals surface area contributed by atoms with E-state index in [9.17, 15) is 59.7 Å². The van der Waals surface area contributed by atoms with Gasteiger partial charge in [0.2, 0.25) is 11.8 Å². The Morgan fingerprint density at radius 1 is 1.00 bits per heavy atom. The lowest BCUT2D eigenvalue weighted by Crippen LogP contribution is -2.71. The SMILES string of the molecule is CC[C@H]1C[C@H](C)[C@@]2(NC1=O)O[C@@H](C[C@H](O)[C@@H](C)CC/C=C/C=C(\C)[C@@H](O)C/C=C/C=C/[C@@H](O)[C@H](C)[C@@H](O)[C@@H](CCC(C)=O)C(=O)N[C@H](CON[C@@H](Cc1cccc(O)c1)C(=O)N1CCC[C@@H](C(=O)O)N1)C(C)C)[C@H](C)[C@H](O)[C@@H]2C. The molecule has 0 aromatic heterocycles. The van der Waals surface area contributed by atoms with Gasteiger partial charge in [0.1, 0.15) is 29.3 Å². The summed E-state index contributed by atoms with van der Waals surface area (Å²) in [7, 11) is 0. The fourth-order valence-electron chi connectivity index (χ4n) is 10.8. The molecular weight excluding hydrogens is 1010 g/mol. The lowest BCUT2D eigenvalue weighted by Gasteiger charge is -2.56. The van der Waals surface area contributed by atoms with E-state index in [-0.39, 0.29) is 91.8 Å². The second-order valence-electron chi connectivity index (χ2n) is 23.1. The van der Waals surface area contributed by atoms with Crippen molar-refractivity contribution in [1.82, 2.24) is 26.5 Å². The predicted octanol–water partition coefficient (Wildman–Crippen LogP) is 5.33. The number of ether oxygens (including phenoxy) is 1.